The Bertz CT molecular complexity index is 832. The first kappa shape index (κ1) is 17.0. The van der Waals surface area contributed by atoms with Crippen molar-refractivity contribution in [1.29, 1.82) is 0 Å². The van der Waals surface area contributed by atoms with E-state index in [1.165, 1.54) is 10.7 Å². The minimum absolute atomic E-state index is 0.0251. The highest BCUT2D eigenvalue weighted by Crippen LogP contribution is 2.28. The van der Waals surface area contributed by atoms with Gasteiger partial charge in [-0.3, -0.25) is 9.59 Å². The van der Waals surface area contributed by atoms with Crippen molar-refractivity contribution in [3.8, 4) is 11.3 Å². The minimum Gasteiger partial charge on any atom is -0.374 e. The number of hydrogen-bond donors (Lipinski definition) is 0. The summed E-state index contributed by atoms with van der Waals surface area (Å²) in [5.41, 5.74) is 1.36. The molecule has 1 aromatic carbocycles. The van der Waals surface area contributed by atoms with Gasteiger partial charge in [-0.05, 0) is 18.9 Å². The Morgan fingerprint density at radius 3 is 2.77 bits per heavy atom. The van der Waals surface area contributed by atoms with Crippen LogP contribution >= 0.6 is 0 Å². The third kappa shape index (κ3) is 3.42. The van der Waals surface area contributed by atoms with Crippen molar-refractivity contribution in [2.24, 2.45) is 0 Å². The molecule has 0 radical (unpaired) electrons. The van der Waals surface area contributed by atoms with Gasteiger partial charge >= 0.3 is 0 Å². The lowest BCUT2D eigenvalue weighted by Gasteiger charge is -2.43. The van der Waals surface area contributed by atoms with E-state index in [9.17, 15) is 9.59 Å². The normalized spacial score (nSPS) is 22.7. The Balaban J connectivity index is 1.55. The summed E-state index contributed by atoms with van der Waals surface area (Å²) in [5.74, 6) is -0.0509. The second-order valence-electron chi connectivity index (χ2n) is 6.93. The molecule has 2 aromatic rings. The summed E-state index contributed by atoms with van der Waals surface area (Å²) < 4.78 is 7.11. The third-order valence-electron chi connectivity index (χ3n) is 5.27. The molecule has 2 fully saturated rings. The number of hydrogen-bond acceptors (Lipinski definition) is 4. The molecular weight excluding hydrogens is 330 g/mol. The average molecular weight is 353 g/mol. The van der Waals surface area contributed by atoms with Crippen LogP contribution in [0.2, 0.25) is 0 Å². The molecule has 6 nitrogen and oxygen atoms in total. The van der Waals surface area contributed by atoms with E-state index in [4.69, 9.17) is 4.74 Å². The predicted octanol–water partition coefficient (Wildman–Crippen LogP) is 2.08. The molecule has 2 atom stereocenters. The molecular formula is C20H23N3O3. The Morgan fingerprint density at radius 2 is 1.92 bits per heavy atom. The Morgan fingerprint density at radius 1 is 1.12 bits per heavy atom. The fraction of sp³-hybridized carbons (Fsp3) is 0.450. The lowest BCUT2D eigenvalue weighted by molar-refractivity contribution is -0.150. The van der Waals surface area contributed by atoms with Gasteiger partial charge in [-0.15, -0.1) is 0 Å². The van der Waals surface area contributed by atoms with Crippen LogP contribution in [0, 0.1) is 0 Å². The third-order valence-corrected chi connectivity index (χ3v) is 5.27. The van der Waals surface area contributed by atoms with E-state index in [1.54, 1.807) is 6.07 Å². The van der Waals surface area contributed by atoms with Gasteiger partial charge in [0.2, 0.25) is 5.91 Å². The highest BCUT2D eigenvalue weighted by molar-refractivity contribution is 5.76. The van der Waals surface area contributed by atoms with E-state index >= 15 is 0 Å². The van der Waals surface area contributed by atoms with E-state index in [0.717, 1.165) is 31.2 Å². The fourth-order valence-electron chi connectivity index (χ4n) is 3.95. The molecule has 0 bridgehead atoms. The first-order valence-electron chi connectivity index (χ1n) is 9.27. The number of carbonyl (C=O) groups is 1. The van der Waals surface area contributed by atoms with Gasteiger partial charge in [0.1, 0.15) is 6.54 Å². The maximum atomic E-state index is 12.9. The largest absolute Gasteiger partial charge is 0.374 e. The number of carbonyl (C=O) groups excluding carboxylic acids is 1. The van der Waals surface area contributed by atoms with Gasteiger partial charge in [0.25, 0.3) is 5.56 Å². The number of ether oxygens (including phenoxy) is 1. The summed E-state index contributed by atoms with van der Waals surface area (Å²) in [6.45, 7) is 1.13. The SMILES string of the molecule is O=C(Cn1nc(-c2ccccc2)ccc1=O)N1CCOC2CCCCC21. The molecule has 1 aliphatic carbocycles. The Kier molecular flexibility index (Phi) is 4.84. The van der Waals surface area contributed by atoms with Crippen LogP contribution in [-0.2, 0) is 16.1 Å². The summed E-state index contributed by atoms with van der Waals surface area (Å²) in [5, 5.41) is 4.41. The van der Waals surface area contributed by atoms with E-state index in [0.29, 0.717) is 18.8 Å². The van der Waals surface area contributed by atoms with Crippen LogP contribution < -0.4 is 5.56 Å². The molecule has 4 rings (SSSR count). The predicted molar refractivity (Wildman–Crippen MR) is 97.6 cm³/mol. The fourth-order valence-corrected chi connectivity index (χ4v) is 3.95. The van der Waals surface area contributed by atoms with Gasteiger partial charge < -0.3 is 9.64 Å². The van der Waals surface area contributed by atoms with Gasteiger partial charge in [0.15, 0.2) is 0 Å². The van der Waals surface area contributed by atoms with E-state index in [-0.39, 0.29) is 30.2 Å². The molecule has 26 heavy (non-hydrogen) atoms. The molecule has 2 heterocycles. The van der Waals surface area contributed by atoms with Crippen molar-refractivity contribution in [3.05, 3.63) is 52.8 Å². The number of rotatable bonds is 3. The molecule has 1 amide bonds. The number of benzene rings is 1. The zero-order valence-electron chi connectivity index (χ0n) is 14.7. The van der Waals surface area contributed by atoms with Crippen LogP contribution in [0.3, 0.4) is 0 Å². The highest BCUT2D eigenvalue weighted by atomic mass is 16.5. The van der Waals surface area contributed by atoms with Crippen LogP contribution in [0.15, 0.2) is 47.3 Å². The van der Waals surface area contributed by atoms with E-state index < -0.39 is 0 Å². The van der Waals surface area contributed by atoms with Crippen molar-refractivity contribution in [3.63, 3.8) is 0 Å². The summed E-state index contributed by atoms with van der Waals surface area (Å²) in [6.07, 6.45) is 4.40. The van der Waals surface area contributed by atoms with Gasteiger partial charge in [0, 0.05) is 18.2 Å². The first-order valence-corrected chi connectivity index (χ1v) is 9.27. The van der Waals surface area contributed by atoms with Crippen LogP contribution in [0.5, 0.6) is 0 Å². The molecule has 2 aliphatic rings. The zero-order valence-corrected chi connectivity index (χ0v) is 14.7. The molecule has 0 N–H and O–H groups in total. The van der Waals surface area contributed by atoms with Crippen molar-refractivity contribution in [2.75, 3.05) is 13.2 Å². The summed E-state index contributed by atoms with van der Waals surface area (Å²) in [6, 6.07) is 13.0. The number of amides is 1. The van der Waals surface area contributed by atoms with Gasteiger partial charge in [-0.1, -0.05) is 43.2 Å². The standard InChI is InChI=1S/C20H23N3O3/c24-19-11-10-16(15-6-2-1-3-7-15)21-23(19)14-20(25)22-12-13-26-18-9-5-4-8-17(18)22/h1-3,6-7,10-11,17-18H,4-5,8-9,12-14H2. The molecule has 0 spiro atoms. The second kappa shape index (κ2) is 7.41. The van der Waals surface area contributed by atoms with Gasteiger partial charge in [0.05, 0.1) is 24.4 Å². The van der Waals surface area contributed by atoms with E-state index in [2.05, 4.69) is 5.10 Å². The van der Waals surface area contributed by atoms with Crippen LogP contribution in [-0.4, -0.2) is 45.9 Å². The van der Waals surface area contributed by atoms with Crippen molar-refractivity contribution in [2.45, 2.75) is 44.4 Å². The smallest absolute Gasteiger partial charge is 0.267 e. The molecule has 6 heteroatoms. The number of aromatic nitrogens is 2. The molecule has 136 valence electrons. The number of fused-ring (bicyclic) bond motifs is 1. The topological polar surface area (TPSA) is 64.4 Å². The summed E-state index contributed by atoms with van der Waals surface area (Å²) in [7, 11) is 0. The summed E-state index contributed by atoms with van der Waals surface area (Å²) in [4.78, 5) is 27.0. The van der Waals surface area contributed by atoms with Crippen molar-refractivity contribution >= 4 is 5.91 Å². The monoisotopic (exact) mass is 353 g/mol. The Hall–Kier alpha value is -2.47. The van der Waals surface area contributed by atoms with E-state index in [1.807, 2.05) is 35.2 Å². The second-order valence-corrected chi connectivity index (χ2v) is 6.93. The molecule has 1 aliphatic heterocycles. The molecule has 1 saturated heterocycles. The number of nitrogens with zero attached hydrogens (tertiary/aromatic N) is 3. The maximum absolute atomic E-state index is 12.9. The van der Waals surface area contributed by atoms with Gasteiger partial charge in [-0.25, -0.2) is 4.68 Å². The lowest BCUT2D eigenvalue weighted by Crippen LogP contribution is -2.55. The van der Waals surface area contributed by atoms with Crippen LogP contribution in [0.25, 0.3) is 11.3 Å². The van der Waals surface area contributed by atoms with Crippen LogP contribution in [0.4, 0.5) is 0 Å². The molecule has 2 unspecified atom stereocenters. The first-order chi connectivity index (χ1) is 12.7. The van der Waals surface area contributed by atoms with Crippen LogP contribution in [0.1, 0.15) is 25.7 Å². The Labute approximate surface area is 152 Å². The highest BCUT2D eigenvalue weighted by Gasteiger charge is 2.36. The zero-order chi connectivity index (χ0) is 17.9. The minimum atomic E-state index is -0.258. The maximum Gasteiger partial charge on any atom is 0.267 e. The van der Waals surface area contributed by atoms with Crippen molar-refractivity contribution < 1.29 is 9.53 Å². The molecule has 1 aromatic heterocycles. The van der Waals surface area contributed by atoms with Gasteiger partial charge in [-0.2, -0.15) is 5.10 Å². The quantitative estimate of drug-likeness (QED) is 0.847. The van der Waals surface area contributed by atoms with Crippen molar-refractivity contribution in [1.82, 2.24) is 14.7 Å². The summed E-state index contributed by atoms with van der Waals surface area (Å²) >= 11 is 0. The lowest BCUT2D eigenvalue weighted by atomic mass is 9.90. The average Bonchev–Trinajstić information content (AvgIpc) is 2.70. The molecule has 1 saturated carbocycles. The number of morpholine rings is 1.